The summed E-state index contributed by atoms with van der Waals surface area (Å²) in [7, 11) is 0. The van der Waals surface area contributed by atoms with Gasteiger partial charge in [-0.1, -0.05) is 0 Å². The molecule has 46 heteroatoms. The minimum Gasteiger partial charge on any atom is -0.481 e. The zero-order valence-electron chi connectivity index (χ0n) is 56.5. The maximum absolute atomic E-state index is 14.1. The van der Waals surface area contributed by atoms with Gasteiger partial charge in [0.05, 0.1) is 78.0 Å². The van der Waals surface area contributed by atoms with Crippen LogP contribution in [0.2, 0.25) is 0 Å². The van der Waals surface area contributed by atoms with Crippen molar-refractivity contribution in [2.45, 2.75) is 157 Å². The first-order valence-corrected chi connectivity index (χ1v) is 32.3. The summed E-state index contributed by atoms with van der Waals surface area (Å²) in [5.74, 6) is -20.3. The van der Waals surface area contributed by atoms with Crippen molar-refractivity contribution in [2.75, 3.05) is 91.9 Å². The van der Waals surface area contributed by atoms with Gasteiger partial charge in [-0.25, -0.2) is 0 Å². The van der Waals surface area contributed by atoms with Crippen molar-refractivity contribution in [3.63, 3.8) is 0 Å². The molecule has 1 saturated heterocycles. The number of unbranched alkanes of at least 4 members (excludes halogenated alkanes) is 2. The van der Waals surface area contributed by atoms with Gasteiger partial charge in [-0.3, -0.25) is 86.3 Å². The molecule has 0 aliphatic carbocycles. The average molecular weight is 1480 g/mol. The number of aliphatic hydroxyl groups excluding tert-OH is 7. The van der Waals surface area contributed by atoms with Gasteiger partial charge in [-0.2, -0.15) is 0 Å². The van der Waals surface area contributed by atoms with Crippen LogP contribution in [0.4, 0.5) is 0 Å². The van der Waals surface area contributed by atoms with Crippen LogP contribution in [0.1, 0.15) is 78.1 Å². The fourth-order valence-electron chi connectivity index (χ4n) is 9.31. The number of aliphatic carboxylic acids is 2. The van der Waals surface area contributed by atoms with Gasteiger partial charge < -0.3 is 148 Å². The van der Waals surface area contributed by atoms with Crippen molar-refractivity contribution in [3.05, 3.63) is 0 Å². The SMILES string of the molecule is C[C@@H](O)[C@H](NC(=O)[C@H](CO)NC(=O)CN)C(=O)N[C@@H](CO)C(=O)NCC(=O)N[C@@H](CO)C(=O)NCC(=O)N[C@@H](CCCCN)C(=O)N1CCC[C@H]1C(=O)N[C@@H](CO)C(=O)NCC(=O)N[C@@H](CCC(=O)O)C(=O)NCC(=O)N[C@@H](CO)C(=O)N[C@H](C(=O)N[C@@H](CCCCN)C(=O)NCC(=O)O)[C@@H](C)O. The molecule has 0 unspecified atom stereocenters. The van der Waals surface area contributed by atoms with Gasteiger partial charge in [0, 0.05) is 13.0 Å². The Bertz CT molecular complexity index is 2930. The van der Waals surface area contributed by atoms with Crippen molar-refractivity contribution < 1.29 is 132 Å². The summed E-state index contributed by atoms with van der Waals surface area (Å²) in [6.07, 6.45) is -3.25. The number of rotatable bonds is 50. The highest BCUT2D eigenvalue weighted by atomic mass is 16.4. The van der Waals surface area contributed by atoms with E-state index in [2.05, 4.69) is 74.4 Å². The van der Waals surface area contributed by atoms with E-state index in [1.807, 2.05) is 5.32 Å². The maximum Gasteiger partial charge on any atom is 0.322 e. The predicted octanol–water partition coefficient (Wildman–Crippen LogP) is -16.7. The molecular weight excluding hydrogens is 1380 g/mol. The van der Waals surface area contributed by atoms with Crippen LogP contribution in [0.3, 0.4) is 0 Å². The summed E-state index contributed by atoms with van der Waals surface area (Å²) >= 11 is 0. The Labute approximate surface area is 587 Å². The third kappa shape index (κ3) is 34.1. The molecule has 1 aliphatic heterocycles. The molecule has 0 saturated carbocycles. The molecule has 1 rings (SSSR count). The molecule has 16 amide bonds. The number of nitrogens with one attached hydrogen (secondary N) is 15. The second kappa shape index (κ2) is 48.8. The summed E-state index contributed by atoms with van der Waals surface area (Å²) in [4.78, 5) is 232. The van der Waals surface area contributed by atoms with Crippen molar-refractivity contribution in [2.24, 2.45) is 17.2 Å². The number of hydrogen-bond acceptors (Lipinski definition) is 28. The monoisotopic (exact) mass is 1480 g/mol. The molecule has 46 nitrogen and oxygen atoms in total. The van der Waals surface area contributed by atoms with Crippen molar-refractivity contribution in [1.29, 1.82) is 0 Å². The fraction of sp³-hybridized carbons (Fsp3) is 0.684. The van der Waals surface area contributed by atoms with Crippen LogP contribution in [-0.2, 0) is 86.3 Å². The molecule has 0 radical (unpaired) electrons. The summed E-state index contributed by atoms with van der Waals surface area (Å²) in [6, 6.07) is -18.2. The van der Waals surface area contributed by atoms with Gasteiger partial charge in [0.15, 0.2) is 0 Å². The Morgan fingerprint density at radius 2 is 0.709 bits per heavy atom. The molecule has 0 aromatic heterocycles. The largest absolute Gasteiger partial charge is 0.481 e. The van der Waals surface area contributed by atoms with Crippen LogP contribution in [0.25, 0.3) is 0 Å². The van der Waals surface area contributed by atoms with Gasteiger partial charge in [0.1, 0.15) is 73.0 Å². The predicted molar refractivity (Wildman–Crippen MR) is 347 cm³/mol. The van der Waals surface area contributed by atoms with Gasteiger partial charge in [-0.05, 0) is 84.7 Å². The normalized spacial score (nSPS) is 15.9. The van der Waals surface area contributed by atoms with Crippen molar-refractivity contribution >= 4 is 106 Å². The molecule has 13 atom stereocenters. The molecule has 0 spiro atoms. The van der Waals surface area contributed by atoms with Crippen molar-refractivity contribution in [1.82, 2.24) is 84.7 Å². The molecule has 1 aliphatic rings. The fourth-order valence-corrected chi connectivity index (χ4v) is 9.31. The van der Waals surface area contributed by atoms with Gasteiger partial charge >= 0.3 is 11.9 Å². The lowest BCUT2D eigenvalue weighted by Gasteiger charge is -2.29. The van der Waals surface area contributed by atoms with E-state index in [1.165, 1.54) is 0 Å². The highest BCUT2D eigenvalue weighted by molar-refractivity contribution is 6.00. The zero-order valence-corrected chi connectivity index (χ0v) is 56.5. The van der Waals surface area contributed by atoms with E-state index < -0.39 is 270 Å². The van der Waals surface area contributed by atoms with Gasteiger partial charge in [-0.15, -0.1) is 0 Å². The Hall–Kier alpha value is -9.94. The lowest BCUT2D eigenvalue weighted by Crippen LogP contribution is -2.61. The Balaban J connectivity index is 2.98. The van der Waals surface area contributed by atoms with E-state index in [1.54, 1.807) is 0 Å². The number of likely N-dealkylation sites (tertiary alicyclic amines) is 1. The van der Waals surface area contributed by atoms with E-state index in [-0.39, 0.29) is 51.7 Å². The summed E-state index contributed by atoms with van der Waals surface area (Å²) in [5, 5.41) is 120. The molecule has 1 heterocycles. The van der Waals surface area contributed by atoms with Crippen LogP contribution in [0.15, 0.2) is 0 Å². The first-order valence-electron chi connectivity index (χ1n) is 32.3. The molecule has 0 aromatic carbocycles. The summed E-state index contributed by atoms with van der Waals surface area (Å²) in [5.41, 5.74) is 16.3. The number of hydrogen-bond donors (Lipinski definition) is 27. The lowest BCUT2D eigenvalue weighted by atomic mass is 10.1. The van der Waals surface area contributed by atoms with E-state index >= 15 is 0 Å². The van der Waals surface area contributed by atoms with E-state index in [9.17, 15) is 127 Å². The number of nitrogens with two attached hydrogens (primary N) is 3. The highest BCUT2D eigenvalue weighted by Gasteiger charge is 2.40. The topological polar surface area (TPSA) is 751 Å². The van der Waals surface area contributed by atoms with Crippen LogP contribution in [-0.4, -0.2) is 328 Å². The van der Waals surface area contributed by atoms with Crippen LogP contribution < -0.4 is 97.0 Å². The Kier molecular flexibility index (Phi) is 43.2. The van der Waals surface area contributed by atoms with Gasteiger partial charge in [0.2, 0.25) is 94.5 Å². The highest BCUT2D eigenvalue weighted by Crippen LogP contribution is 2.20. The molecule has 0 bridgehead atoms. The first kappa shape index (κ1) is 91.1. The Morgan fingerprint density at radius 3 is 1.09 bits per heavy atom. The van der Waals surface area contributed by atoms with E-state index in [0.717, 1.165) is 18.7 Å². The molecule has 103 heavy (non-hydrogen) atoms. The number of carbonyl (C=O) groups is 18. The number of nitrogens with zero attached hydrogens (tertiary/aromatic N) is 1. The first-order chi connectivity index (χ1) is 48.7. The standard InChI is InChI=1S/C57H97N19O27/c1-27(82)45(55(101)71-29(8-3-5-13-58)47(93)65-21-44(91)92)74-53(99)36(26-81)70-42(88)19-61-48(94)30(11-12-43(89)90)66-39(85)17-63-50(96)33(23-78)72-54(100)37-10-7-15-76(37)57(103)31(9-4-6-14-59)67-40(86)18-62-49(95)32(22-77)69-41(87)20-64-51(97)34(24-79)73-56(102)46(28(2)83)75-52(98)35(25-80)68-38(84)16-60/h27-37,45-46,77-83H,3-26,58-60H2,1-2H3,(H,61,94)(H,62,95)(H,63,96)(H,64,97)(H,65,93)(H,66,85)(H,67,86)(H,68,84)(H,69,87)(H,70,88)(H,71,101)(H,72,100)(H,73,102)(H,74,99)(H,75,98)(H,89,90)(H,91,92)/t27-,28-,29+,30+,31+,32+,33+,34+,35+,36+,37+,45+,46+/m1/s1. The van der Waals surface area contributed by atoms with Crippen LogP contribution in [0.5, 0.6) is 0 Å². The average Bonchev–Trinajstić information content (AvgIpc) is 1.73. The zero-order chi connectivity index (χ0) is 78.1. The number of carbonyl (C=O) groups excluding carboxylic acids is 16. The second-order valence-corrected chi connectivity index (χ2v) is 23.0. The number of carboxylic acids is 2. The quantitative estimate of drug-likeness (QED) is 0.0252. The van der Waals surface area contributed by atoms with Crippen LogP contribution >= 0.6 is 0 Å². The smallest absolute Gasteiger partial charge is 0.322 e. The second-order valence-electron chi connectivity index (χ2n) is 23.0. The summed E-state index contributed by atoms with van der Waals surface area (Å²) in [6.45, 7) is -8.03. The van der Waals surface area contributed by atoms with Crippen LogP contribution in [0, 0.1) is 0 Å². The third-order valence-electron chi connectivity index (χ3n) is 14.8. The minimum absolute atomic E-state index is 0.00102. The van der Waals surface area contributed by atoms with E-state index in [0.29, 0.717) is 19.3 Å². The number of carboxylic acid groups (broad SMARTS) is 2. The minimum atomic E-state index is -1.86. The number of aliphatic hydroxyl groups is 7. The molecule has 1 fully saturated rings. The molecule has 0 aromatic rings. The van der Waals surface area contributed by atoms with E-state index in [4.69, 9.17) is 22.3 Å². The summed E-state index contributed by atoms with van der Waals surface area (Å²) < 4.78 is 0. The molecular formula is C57H97N19O27. The maximum atomic E-state index is 14.1. The Morgan fingerprint density at radius 1 is 0.379 bits per heavy atom. The third-order valence-corrected chi connectivity index (χ3v) is 14.8. The molecule has 30 N–H and O–H groups in total. The molecule has 582 valence electrons. The number of amides is 16. The van der Waals surface area contributed by atoms with Crippen molar-refractivity contribution in [3.8, 4) is 0 Å². The lowest BCUT2D eigenvalue weighted by molar-refractivity contribution is -0.142. The van der Waals surface area contributed by atoms with Gasteiger partial charge in [0.25, 0.3) is 0 Å².